The molecule has 0 aliphatic rings. The van der Waals surface area contributed by atoms with Crippen molar-refractivity contribution < 1.29 is 27.9 Å². The van der Waals surface area contributed by atoms with Crippen LogP contribution in [0.25, 0.3) is 0 Å². The van der Waals surface area contributed by atoms with Crippen LogP contribution in [0.3, 0.4) is 0 Å². The van der Waals surface area contributed by atoms with Gasteiger partial charge in [-0.25, -0.2) is 0 Å². The Labute approximate surface area is 111 Å². The molecule has 19 heavy (non-hydrogen) atoms. The first-order chi connectivity index (χ1) is 8.70. The zero-order valence-corrected chi connectivity index (χ0v) is 10.1. The number of alkyl halides is 3. The van der Waals surface area contributed by atoms with Gasteiger partial charge < -0.3 is 10.4 Å². The van der Waals surface area contributed by atoms with Crippen LogP contribution in [0, 0.1) is 0 Å². The fourth-order valence-corrected chi connectivity index (χ4v) is 1.59. The summed E-state index contributed by atoms with van der Waals surface area (Å²) in [5.74, 6) is -3.54. The summed E-state index contributed by atoms with van der Waals surface area (Å²) in [6.45, 7) is 0. The molecule has 0 aliphatic heterocycles. The van der Waals surface area contributed by atoms with Gasteiger partial charge in [0.2, 0.25) is 0 Å². The summed E-state index contributed by atoms with van der Waals surface area (Å²) in [5, 5.41) is 10.5. The first-order valence-corrected chi connectivity index (χ1v) is 5.43. The van der Waals surface area contributed by atoms with Crippen LogP contribution in [0.1, 0.15) is 18.0 Å². The van der Waals surface area contributed by atoms with Crippen LogP contribution in [0.2, 0.25) is 5.02 Å². The molecule has 0 aliphatic carbocycles. The molecule has 104 valence electrons. The third-order valence-corrected chi connectivity index (χ3v) is 2.43. The molecular formula is C11H9ClF3NO3. The van der Waals surface area contributed by atoms with E-state index in [1.807, 2.05) is 0 Å². The largest absolute Gasteiger partial charge is 0.481 e. The molecule has 0 saturated carbocycles. The minimum Gasteiger partial charge on any atom is -0.481 e. The van der Waals surface area contributed by atoms with Gasteiger partial charge in [-0.2, -0.15) is 13.2 Å². The van der Waals surface area contributed by atoms with Gasteiger partial charge in [0.1, 0.15) is 0 Å². The molecule has 1 amide bonds. The van der Waals surface area contributed by atoms with Crippen molar-refractivity contribution in [1.82, 2.24) is 5.32 Å². The Kier molecular flexibility index (Phi) is 4.77. The molecule has 0 fully saturated rings. The summed E-state index contributed by atoms with van der Waals surface area (Å²) in [5.41, 5.74) is 0.188. The van der Waals surface area contributed by atoms with Gasteiger partial charge in [0.25, 0.3) is 0 Å². The lowest BCUT2D eigenvalue weighted by atomic mass is 10.0. The molecule has 0 saturated heterocycles. The molecule has 8 heteroatoms. The third-order valence-electron chi connectivity index (χ3n) is 2.19. The highest BCUT2D eigenvalue weighted by Gasteiger charge is 2.40. The minimum atomic E-state index is -5.07. The molecule has 4 nitrogen and oxygen atoms in total. The van der Waals surface area contributed by atoms with Crippen LogP contribution in [-0.2, 0) is 9.59 Å². The molecule has 0 bridgehead atoms. The van der Waals surface area contributed by atoms with Gasteiger partial charge >= 0.3 is 18.1 Å². The predicted molar refractivity (Wildman–Crippen MR) is 60.6 cm³/mol. The van der Waals surface area contributed by atoms with Crippen LogP contribution in [0.5, 0.6) is 0 Å². The highest BCUT2D eigenvalue weighted by molar-refractivity contribution is 6.30. The number of hydrogen-bond acceptors (Lipinski definition) is 2. The third kappa shape index (κ3) is 4.78. The normalized spacial score (nSPS) is 12.8. The van der Waals surface area contributed by atoms with Gasteiger partial charge in [-0.05, 0) is 17.7 Å². The molecule has 1 unspecified atom stereocenters. The first kappa shape index (κ1) is 15.3. The molecule has 0 spiro atoms. The van der Waals surface area contributed by atoms with Gasteiger partial charge in [0, 0.05) is 5.02 Å². The SMILES string of the molecule is O=C(O)CC(NC(=O)C(F)(F)F)c1cccc(Cl)c1. The van der Waals surface area contributed by atoms with Gasteiger partial charge in [-0.1, -0.05) is 23.7 Å². The molecule has 0 aromatic heterocycles. The van der Waals surface area contributed by atoms with E-state index in [-0.39, 0.29) is 10.6 Å². The number of nitrogens with one attached hydrogen (secondary N) is 1. The molecule has 2 N–H and O–H groups in total. The van der Waals surface area contributed by atoms with E-state index in [4.69, 9.17) is 16.7 Å². The number of halogens is 4. The fraction of sp³-hybridized carbons (Fsp3) is 0.273. The van der Waals surface area contributed by atoms with Gasteiger partial charge in [-0.15, -0.1) is 0 Å². The number of carboxylic acids is 1. The van der Waals surface area contributed by atoms with Crippen LogP contribution in [0.15, 0.2) is 24.3 Å². The number of hydrogen-bond donors (Lipinski definition) is 2. The Balaban J connectivity index is 2.96. The lowest BCUT2D eigenvalue weighted by Crippen LogP contribution is -2.39. The Morgan fingerprint density at radius 2 is 2.00 bits per heavy atom. The van der Waals surface area contributed by atoms with Crippen LogP contribution in [0.4, 0.5) is 13.2 Å². The monoisotopic (exact) mass is 295 g/mol. The van der Waals surface area contributed by atoms with E-state index in [0.29, 0.717) is 0 Å². The summed E-state index contributed by atoms with van der Waals surface area (Å²) in [6, 6.07) is 4.31. The van der Waals surface area contributed by atoms with Crippen molar-refractivity contribution in [2.24, 2.45) is 0 Å². The number of carbonyl (C=O) groups is 2. The van der Waals surface area contributed by atoms with Crippen molar-refractivity contribution in [3.05, 3.63) is 34.9 Å². The molecule has 0 heterocycles. The maximum absolute atomic E-state index is 12.2. The second-order valence-electron chi connectivity index (χ2n) is 3.68. The van der Waals surface area contributed by atoms with Crippen molar-refractivity contribution in [2.75, 3.05) is 0 Å². The lowest BCUT2D eigenvalue weighted by Gasteiger charge is -2.18. The van der Waals surface area contributed by atoms with Crippen molar-refractivity contribution in [2.45, 2.75) is 18.6 Å². The number of carboxylic acid groups (broad SMARTS) is 1. The summed E-state index contributed by atoms with van der Waals surface area (Å²) < 4.78 is 36.5. The van der Waals surface area contributed by atoms with Crippen molar-refractivity contribution in [3.8, 4) is 0 Å². The molecule has 1 aromatic rings. The summed E-state index contributed by atoms with van der Waals surface area (Å²) in [6.07, 6.45) is -5.75. The Morgan fingerprint density at radius 3 is 2.47 bits per heavy atom. The Bertz CT molecular complexity index is 490. The second kappa shape index (κ2) is 5.92. The minimum absolute atomic E-state index is 0.188. The van der Waals surface area contributed by atoms with Crippen molar-refractivity contribution in [3.63, 3.8) is 0 Å². The zero-order valence-electron chi connectivity index (χ0n) is 9.37. The second-order valence-corrected chi connectivity index (χ2v) is 4.11. The Hall–Kier alpha value is -1.76. The predicted octanol–water partition coefficient (Wildman–Crippen LogP) is 2.53. The standard InChI is InChI=1S/C11H9ClF3NO3/c12-7-3-1-2-6(4-7)8(5-9(17)18)16-10(19)11(13,14)15/h1-4,8H,5H2,(H,16,19)(H,17,18). The van der Waals surface area contributed by atoms with Crippen LogP contribution in [-0.4, -0.2) is 23.2 Å². The molecule has 1 atom stereocenters. The van der Waals surface area contributed by atoms with Crippen molar-refractivity contribution in [1.29, 1.82) is 0 Å². The maximum Gasteiger partial charge on any atom is 0.471 e. The van der Waals surface area contributed by atoms with E-state index in [1.165, 1.54) is 24.3 Å². The first-order valence-electron chi connectivity index (χ1n) is 5.05. The molecule has 1 rings (SSSR count). The number of rotatable bonds is 4. The van der Waals surface area contributed by atoms with E-state index in [9.17, 15) is 22.8 Å². The van der Waals surface area contributed by atoms with E-state index in [1.54, 1.807) is 5.32 Å². The quantitative estimate of drug-likeness (QED) is 0.897. The topological polar surface area (TPSA) is 66.4 Å². The maximum atomic E-state index is 12.2. The number of aliphatic carboxylic acids is 1. The fourth-order valence-electron chi connectivity index (χ4n) is 1.39. The van der Waals surface area contributed by atoms with Crippen LogP contribution < -0.4 is 5.32 Å². The van der Waals surface area contributed by atoms with E-state index >= 15 is 0 Å². The van der Waals surface area contributed by atoms with Crippen molar-refractivity contribution >= 4 is 23.5 Å². The summed E-state index contributed by atoms with van der Waals surface area (Å²) in [4.78, 5) is 21.5. The molecular weight excluding hydrogens is 287 g/mol. The average Bonchev–Trinajstić information content (AvgIpc) is 2.26. The van der Waals surface area contributed by atoms with E-state index < -0.39 is 30.5 Å². The lowest BCUT2D eigenvalue weighted by molar-refractivity contribution is -0.174. The smallest absolute Gasteiger partial charge is 0.471 e. The molecule has 0 radical (unpaired) electrons. The van der Waals surface area contributed by atoms with Gasteiger partial charge in [-0.3, -0.25) is 9.59 Å². The highest BCUT2D eigenvalue weighted by Crippen LogP contribution is 2.23. The van der Waals surface area contributed by atoms with Gasteiger partial charge in [0.05, 0.1) is 12.5 Å². The summed E-state index contributed by atoms with van der Waals surface area (Å²) >= 11 is 5.67. The number of carbonyl (C=O) groups excluding carboxylic acids is 1. The zero-order chi connectivity index (χ0) is 14.6. The average molecular weight is 296 g/mol. The van der Waals surface area contributed by atoms with Gasteiger partial charge in [0.15, 0.2) is 0 Å². The van der Waals surface area contributed by atoms with E-state index in [2.05, 4.69) is 0 Å². The Morgan fingerprint density at radius 1 is 1.37 bits per heavy atom. The number of amides is 1. The number of benzene rings is 1. The highest BCUT2D eigenvalue weighted by atomic mass is 35.5. The van der Waals surface area contributed by atoms with Crippen LogP contribution >= 0.6 is 11.6 Å². The molecule has 1 aromatic carbocycles. The van der Waals surface area contributed by atoms with E-state index in [0.717, 1.165) is 0 Å². The summed E-state index contributed by atoms with van der Waals surface area (Å²) in [7, 11) is 0.